The molecule has 0 aliphatic heterocycles. The van der Waals surface area contributed by atoms with E-state index in [2.05, 4.69) is 10.9 Å². The fraction of sp³-hybridized carbons (Fsp3) is 0.143. The van der Waals surface area contributed by atoms with Gasteiger partial charge in [-0.1, -0.05) is 29.3 Å². The van der Waals surface area contributed by atoms with Gasteiger partial charge >= 0.3 is 5.91 Å². The largest absolute Gasteiger partial charge is 0.459 e. The lowest BCUT2D eigenvalue weighted by Crippen LogP contribution is -2.42. The Morgan fingerprint density at radius 2 is 1.95 bits per heavy atom. The quantitative estimate of drug-likeness (QED) is 0.804. The third-order valence-electron chi connectivity index (χ3n) is 2.55. The number of benzene rings is 1. The van der Waals surface area contributed by atoms with Crippen LogP contribution in [-0.4, -0.2) is 17.6 Å². The summed E-state index contributed by atoms with van der Waals surface area (Å²) in [6, 6.07) is 8.40. The summed E-state index contributed by atoms with van der Waals surface area (Å²) in [6.07, 6.45) is 1.38. The number of hydrogen-bond acceptors (Lipinski definition) is 4. The first kappa shape index (κ1) is 16.7. The molecule has 0 spiro atoms. The van der Waals surface area contributed by atoms with Gasteiger partial charge in [-0.25, -0.2) is 0 Å². The summed E-state index contributed by atoms with van der Waals surface area (Å²) in [6.45, 7) is 0. The van der Waals surface area contributed by atoms with Crippen LogP contribution in [0.3, 0.4) is 0 Å². The average Bonchev–Trinajstić information content (AvgIpc) is 3.03. The number of carbonyl (C=O) groups is 2. The molecule has 116 valence electrons. The summed E-state index contributed by atoms with van der Waals surface area (Å²) >= 11 is 13.1. The SMILES string of the molecule is O=C(CSCc1ccc(Cl)c(Cl)c1)NNC(=O)c1ccco1. The molecule has 0 aliphatic rings. The van der Waals surface area contributed by atoms with E-state index >= 15 is 0 Å². The van der Waals surface area contributed by atoms with Gasteiger partial charge in [0.15, 0.2) is 5.76 Å². The van der Waals surface area contributed by atoms with Crippen molar-refractivity contribution < 1.29 is 14.0 Å². The van der Waals surface area contributed by atoms with Crippen LogP contribution in [0.15, 0.2) is 41.0 Å². The van der Waals surface area contributed by atoms with Crippen LogP contribution >= 0.6 is 35.0 Å². The Bertz CT molecular complexity index is 662. The van der Waals surface area contributed by atoms with E-state index in [0.29, 0.717) is 15.8 Å². The molecule has 0 atom stereocenters. The highest BCUT2D eigenvalue weighted by Crippen LogP contribution is 2.24. The molecule has 2 rings (SSSR count). The Morgan fingerprint density at radius 3 is 2.64 bits per heavy atom. The first-order valence-corrected chi connectivity index (χ1v) is 8.11. The molecule has 8 heteroatoms. The average molecular weight is 359 g/mol. The molecular formula is C14H12Cl2N2O3S. The Labute approximate surface area is 141 Å². The molecule has 0 aliphatic carbocycles. The normalized spacial score (nSPS) is 10.3. The smallest absolute Gasteiger partial charge is 0.305 e. The van der Waals surface area contributed by atoms with Crippen LogP contribution in [0.5, 0.6) is 0 Å². The van der Waals surface area contributed by atoms with Gasteiger partial charge < -0.3 is 4.42 Å². The number of thioether (sulfide) groups is 1. The van der Waals surface area contributed by atoms with E-state index in [9.17, 15) is 9.59 Å². The summed E-state index contributed by atoms with van der Waals surface area (Å²) in [7, 11) is 0. The molecule has 1 aromatic carbocycles. The van der Waals surface area contributed by atoms with Gasteiger partial charge in [0, 0.05) is 5.75 Å². The van der Waals surface area contributed by atoms with Crippen molar-refractivity contribution in [3.8, 4) is 0 Å². The summed E-state index contributed by atoms with van der Waals surface area (Å²) in [5.41, 5.74) is 5.54. The molecule has 2 N–H and O–H groups in total. The van der Waals surface area contributed by atoms with Crippen LogP contribution in [0.25, 0.3) is 0 Å². The Hall–Kier alpha value is -1.63. The molecule has 0 saturated carbocycles. The molecule has 0 bridgehead atoms. The van der Waals surface area contributed by atoms with E-state index in [0.717, 1.165) is 5.56 Å². The Kier molecular flexibility index (Phi) is 6.18. The van der Waals surface area contributed by atoms with E-state index in [1.165, 1.54) is 24.1 Å². The van der Waals surface area contributed by atoms with Gasteiger partial charge in [-0.15, -0.1) is 11.8 Å². The van der Waals surface area contributed by atoms with Crippen molar-refractivity contribution in [3.63, 3.8) is 0 Å². The molecule has 5 nitrogen and oxygen atoms in total. The molecule has 1 heterocycles. The van der Waals surface area contributed by atoms with Crippen LogP contribution < -0.4 is 10.9 Å². The summed E-state index contributed by atoms with van der Waals surface area (Å²) in [5.74, 6) is 0.108. The predicted octanol–water partition coefficient (Wildman–Crippen LogP) is 3.28. The Balaban J connectivity index is 1.69. The van der Waals surface area contributed by atoms with Crippen molar-refractivity contribution in [1.82, 2.24) is 10.9 Å². The lowest BCUT2D eigenvalue weighted by Gasteiger charge is -2.06. The molecule has 0 fully saturated rings. The van der Waals surface area contributed by atoms with E-state index in [-0.39, 0.29) is 17.4 Å². The minimum atomic E-state index is -0.507. The fourth-order valence-electron chi connectivity index (χ4n) is 1.52. The first-order valence-electron chi connectivity index (χ1n) is 6.20. The van der Waals surface area contributed by atoms with E-state index in [1.807, 2.05) is 6.07 Å². The highest BCUT2D eigenvalue weighted by molar-refractivity contribution is 7.99. The van der Waals surface area contributed by atoms with Crippen LogP contribution in [0.4, 0.5) is 0 Å². The van der Waals surface area contributed by atoms with Gasteiger partial charge in [0.2, 0.25) is 5.91 Å². The maximum atomic E-state index is 11.6. The summed E-state index contributed by atoms with van der Waals surface area (Å²) in [4.78, 5) is 23.1. The van der Waals surface area contributed by atoms with Gasteiger partial charge in [-0.05, 0) is 29.8 Å². The standard InChI is InChI=1S/C14H12Cl2N2O3S/c15-10-4-3-9(6-11(10)16)7-22-8-13(19)17-18-14(20)12-2-1-5-21-12/h1-6H,7-8H2,(H,17,19)(H,18,20). The number of nitrogens with one attached hydrogen (secondary N) is 2. The first-order chi connectivity index (χ1) is 10.6. The van der Waals surface area contributed by atoms with Gasteiger partial charge in [0.25, 0.3) is 0 Å². The minimum absolute atomic E-state index is 0.128. The second-order valence-corrected chi connectivity index (χ2v) is 6.02. The molecule has 0 saturated heterocycles. The van der Waals surface area contributed by atoms with Crippen LogP contribution in [0.2, 0.25) is 10.0 Å². The number of hydrogen-bond donors (Lipinski definition) is 2. The van der Waals surface area contributed by atoms with E-state index in [4.69, 9.17) is 27.6 Å². The van der Waals surface area contributed by atoms with Crippen molar-refractivity contribution in [2.45, 2.75) is 5.75 Å². The molecule has 0 radical (unpaired) electrons. The topological polar surface area (TPSA) is 71.3 Å². The predicted molar refractivity (Wildman–Crippen MR) is 86.9 cm³/mol. The van der Waals surface area contributed by atoms with Crippen LogP contribution in [0.1, 0.15) is 16.1 Å². The maximum absolute atomic E-state index is 11.6. The minimum Gasteiger partial charge on any atom is -0.459 e. The number of carbonyl (C=O) groups excluding carboxylic acids is 2. The lowest BCUT2D eigenvalue weighted by atomic mass is 10.2. The monoisotopic (exact) mass is 358 g/mol. The number of rotatable bonds is 5. The van der Waals surface area contributed by atoms with Crippen LogP contribution in [-0.2, 0) is 10.5 Å². The van der Waals surface area contributed by atoms with Crippen molar-refractivity contribution in [1.29, 1.82) is 0 Å². The zero-order chi connectivity index (χ0) is 15.9. The zero-order valence-corrected chi connectivity index (χ0v) is 13.6. The highest BCUT2D eigenvalue weighted by atomic mass is 35.5. The van der Waals surface area contributed by atoms with Crippen molar-refractivity contribution in [2.24, 2.45) is 0 Å². The van der Waals surface area contributed by atoms with Gasteiger partial charge in [0.05, 0.1) is 22.1 Å². The van der Waals surface area contributed by atoms with E-state index < -0.39 is 5.91 Å². The molecule has 22 heavy (non-hydrogen) atoms. The molecular weight excluding hydrogens is 347 g/mol. The third-order valence-corrected chi connectivity index (χ3v) is 4.29. The summed E-state index contributed by atoms with van der Waals surface area (Å²) in [5, 5.41) is 0.976. The van der Waals surface area contributed by atoms with Crippen molar-refractivity contribution in [3.05, 3.63) is 58.0 Å². The third kappa shape index (κ3) is 4.98. The second kappa shape index (κ2) is 8.12. The molecule has 2 amide bonds. The number of halogens is 2. The number of furan rings is 1. The molecule has 2 aromatic rings. The maximum Gasteiger partial charge on any atom is 0.305 e. The van der Waals surface area contributed by atoms with Gasteiger partial charge in [-0.2, -0.15) is 0 Å². The summed E-state index contributed by atoms with van der Waals surface area (Å²) < 4.78 is 4.90. The van der Waals surface area contributed by atoms with Crippen molar-refractivity contribution >= 4 is 46.8 Å². The lowest BCUT2D eigenvalue weighted by molar-refractivity contribution is -0.119. The van der Waals surface area contributed by atoms with Gasteiger partial charge in [0.1, 0.15) is 0 Å². The zero-order valence-electron chi connectivity index (χ0n) is 11.3. The van der Waals surface area contributed by atoms with Crippen LogP contribution in [0, 0.1) is 0 Å². The molecule has 1 aromatic heterocycles. The van der Waals surface area contributed by atoms with E-state index in [1.54, 1.807) is 18.2 Å². The highest BCUT2D eigenvalue weighted by Gasteiger charge is 2.09. The van der Waals surface area contributed by atoms with Gasteiger partial charge in [-0.3, -0.25) is 20.4 Å². The number of amides is 2. The second-order valence-electron chi connectivity index (χ2n) is 4.22. The molecule has 0 unspecified atom stereocenters. The number of hydrazine groups is 1. The Morgan fingerprint density at radius 1 is 1.14 bits per heavy atom. The van der Waals surface area contributed by atoms with Crippen molar-refractivity contribution in [2.75, 3.05) is 5.75 Å². The fourth-order valence-corrected chi connectivity index (χ4v) is 2.62.